The van der Waals surface area contributed by atoms with Crippen LogP contribution >= 0.6 is 0 Å². The molecule has 2 heterocycles. The summed E-state index contributed by atoms with van der Waals surface area (Å²) in [5.74, 6) is 1.93. The van der Waals surface area contributed by atoms with Crippen molar-refractivity contribution in [3.05, 3.63) is 59.0 Å². The van der Waals surface area contributed by atoms with Gasteiger partial charge in [-0.3, -0.25) is 9.36 Å². The Balaban J connectivity index is 1.60. The maximum absolute atomic E-state index is 12.6. The molecule has 0 spiro atoms. The molecule has 3 aromatic rings. The van der Waals surface area contributed by atoms with E-state index in [0.29, 0.717) is 11.9 Å². The van der Waals surface area contributed by atoms with Gasteiger partial charge < -0.3 is 5.32 Å². The van der Waals surface area contributed by atoms with E-state index in [0.717, 1.165) is 29.1 Å². The number of hydrogen-bond acceptors (Lipinski definition) is 4. The lowest BCUT2D eigenvalue weighted by Gasteiger charge is -2.25. The number of anilines is 2. The van der Waals surface area contributed by atoms with Gasteiger partial charge in [-0.1, -0.05) is 24.6 Å². The highest BCUT2D eigenvalue weighted by Crippen LogP contribution is 2.50. The van der Waals surface area contributed by atoms with Crippen LogP contribution in [0.5, 0.6) is 0 Å². The van der Waals surface area contributed by atoms with Crippen LogP contribution in [0, 0.1) is 11.8 Å². The second-order valence-corrected chi connectivity index (χ2v) is 7.25. The normalized spacial score (nSPS) is 24.7. The number of benzene rings is 1. The number of nitrogens with one attached hydrogen (secondary N) is 1. The predicted octanol–water partition coefficient (Wildman–Crippen LogP) is 3.90. The zero-order valence-corrected chi connectivity index (χ0v) is 13.9. The van der Waals surface area contributed by atoms with Crippen molar-refractivity contribution in [3.8, 4) is 0 Å². The summed E-state index contributed by atoms with van der Waals surface area (Å²) in [6.07, 6.45) is 6.72. The number of fused-ring (bicyclic) bond motifs is 3. The maximum atomic E-state index is 12.6. The molecule has 0 amide bonds. The first-order valence-electron chi connectivity index (χ1n) is 8.98. The number of para-hydroxylation sites is 1. The van der Waals surface area contributed by atoms with E-state index in [1.54, 1.807) is 12.3 Å². The van der Waals surface area contributed by atoms with Crippen molar-refractivity contribution in [2.75, 3.05) is 5.32 Å². The molecule has 0 radical (unpaired) electrons. The fraction of sp³-hybridized carbons (Fsp3) is 0.350. The third-order valence-corrected chi connectivity index (χ3v) is 5.73. The molecule has 3 atom stereocenters. The van der Waals surface area contributed by atoms with Gasteiger partial charge in [0.2, 0.25) is 5.95 Å². The van der Waals surface area contributed by atoms with Crippen molar-refractivity contribution in [2.45, 2.75) is 31.7 Å². The molecule has 126 valence electrons. The Kier molecular flexibility index (Phi) is 3.33. The molecule has 1 aromatic carbocycles. The van der Waals surface area contributed by atoms with Crippen molar-refractivity contribution in [2.24, 2.45) is 11.8 Å². The minimum atomic E-state index is 0.0504. The van der Waals surface area contributed by atoms with Gasteiger partial charge in [0.15, 0.2) is 0 Å². The molecule has 5 heteroatoms. The lowest BCUT2D eigenvalue weighted by Crippen LogP contribution is -2.28. The van der Waals surface area contributed by atoms with Gasteiger partial charge in [0.05, 0.1) is 0 Å². The standard InChI is InChI=1S/C20H20N4O/c25-18-9-8-15-12-21-20(22-16-4-2-1-3-5-16)23-19(15)24(18)17-11-13-6-7-14(17)10-13/h1-5,8-9,12-14,17H,6-7,10-11H2,(H,21,22,23). The van der Waals surface area contributed by atoms with Crippen LogP contribution in [-0.2, 0) is 0 Å². The van der Waals surface area contributed by atoms with Crippen LogP contribution in [0.15, 0.2) is 53.5 Å². The van der Waals surface area contributed by atoms with E-state index in [2.05, 4.69) is 10.3 Å². The highest BCUT2D eigenvalue weighted by molar-refractivity contribution is 5.75. The predicted molar refractivity (Wildman–Crippen MR) is 98.0 cm³/mol. The highest BCUT2D eigenvalue weighted by Gasteiger charge is 2.41. The summed E-state index contributed by atoms with van der Waals surface area (Å²) in [6.45, 7) is 0. The lowest BCUT2D eigenvalue weighted by molar-refractivity contribution is 0.329. The minimum Gasteiger partial charge on any atom is -0.324 e. The maximum Gasteiger partial charge on any atom is 0.252 e. The number of nitrogens with zero attached hydrogens (tertiary/aromatic N) is 3. The average Bonchev–Trinajstić information content (AvgIpc) is 3.26. The SMILES string of the molecule is O=c1ccc2cnc(Nc3ccccc3)nc2n1C1CC2CCC1C2. The van der Waals surface area contributed by atoms with Crippen LogP contribution < -0.4 is 10.9 Å². The van der Waals surface area contributed by atoms with Crippen LogP contribution in [0.2, 0.25) is 0 Å². The van der Waals surface area contributed by atoms with Gasteiger partial charge in [-0.2, -0.15) is 4.98 Å². The topological polar surface area (TPSA) is 59.8 Å². The molecule has 2 aliphatic carbocycles. The van der Waals surface area contributed by atoms with Gasteiger partial charge in [0, 0.05) is 29.4 Å². The Labute approximate surface area is 145 Å². The fourth-order valence-electron chi connectivity index (χ4n) is 4.60. The molecule has 5 rings (SSSR count). The Hall–Kier alpha value is -2.69. The number of aromatic nitrogens is 3. The van der Waals surface area contributed by atoms with Crippen LogP contribution in [0.25, 0.3) is 11.0 Å². The first-order valence-corrected chi connectivity index (χ1v) is 8.98. The second-order valence-electron chi connectivity index (χ2n) is 7.25. The van der Waals surface area contributed by atoms with E-state index >= 15 is 0 Å². The fourth-order valence-corrected chi connectivity index (χ4v) is 4.60. The second kappa shape index (κ2) is 5.69. The largest absolute Gasteiger partial charge is 0.324 e. The molecule has 2 saturated carbocycles. The van der Waals surface area contributed by atoms with E-state index in [1.165, 1.54) is 19.3 Å². The molecule has 25 heavy (non-hydrogen) atoms. The van der Waals surface area contributed by atoms with E-state index in [4.69, 9.17) is 4.98 Å². The summed E-state index contributed by atoms with van der Waals surface area (Å²) in [5, 5.41) is 4.15. The van der Waals surface area contributed by atoms with E-state index in [-0.39, 0.29) is 11.6 Å². The van der Waals surface area contributed by atoms with Crippen molar-refractivity contribution in [1.82, 2.24) is 14.5 Å². The zero-order valence-electron chi connectivity index (χ0n) is 13.9. The Bertz CT molecular complexity index is 982. The Morgan fingerprint density at radius 1 is 1.04 bits per heavy atom. The summed E-state index contributed by atoms with van der Waals surface area (Å²) < 4.78 is 1.93. The molecule has 3 unspecified atom stereocenters. The van der Waals surface area contributed by atoms with E-state index in [1.807, 2.05) is 41.0 Å². The minimum absolute atomic E-state index is 0.0504. The van der Waals surface area contributed by atoms with Crippen molar-refractivity contribution >= 4 is 22.7 Å². The Morgan fingerprint density at radius 3 is 2.68 bits per heavy atom. The van der Waals surface area contributed by atoms with Crippen LogP contribution in [0.1, 0.15) is 31.7 Å². The number of hydrogen-bond donors (Lipinski definition) is 1. The molecule has 5 nitrogen and oxygen atoms in total. The van der Waals surface area contributed by atoms with Gasteiger partial charge >= 0.3 is 0 Å². The van der Waals surface area contributed by atoms with Crippen molar-refractivity contribution < 1.29 is 0 Å². The molecule has 2 aromatic heterocycles. The highest BCUT2D eigenvalue weighted by atomic mass is 16.1. The monoisotopic (exact) mass is 332 g/mol. The van der Waals surface area contributed by atoms with Gasteiger partial charge in [0.25, 0.3) is 5.56 Å². The Morgan fingerprint density at radius 2 is 1.92 bits per heavy atom. The average molecular weight is 332 g/mol. The van der Waals surface area contributed by atoms with Gasteiger partial charge in [-0.25, -0.2) is 4.98 Å². The van der Waals surface area contributed by atoms with Gasteiger partial charge in [-0.15, -0.1) is 0 Å². The van der Waals surface area contributed by atoms with Gasteiger partial charge in [0.1, 0.15) is 5.65 Å². The van der Waals surface area contributed by atoms with Crippen LogP contribution in [-0.4, -0.2) is 14.5 Å². The third-order valence-electron chi connectivity index (χ3n) is 5.73. The quantitative estimate of drug-likeness (QED) is 0.790. The molecular weight excluding hydrogens is 312 g/mol. The smallest absolute Gasteiger partial charge is 0.252 e. The van der Waals surface area contributed by atoms with Gasteiger partial charge in [-0.05, 0) is 49.3 Å². The lowest BCUT2D eigenvalue weighted by atomic mass is 9.95. The molecular formula is C20H20N4O. The molecule has 0 saturated heterocycles. The first kappa shape index (κ1) is 14.6. The summed E-state index contributed by atoms with van der Waals surface area (Å²) >= 11 is 0. The van der Waals surface area contributed by atoms with Crippen LogP contribution in [0.4, 0.5) is 11.6 Å². The summed E-state index contributed by atoms with van der Waals surface area (Å²) in [4.78, 5) is 21.8. The summed E-state index contributed by atoms with van der Waals surface area (Å²) in [6, 6.07) is 13.6. The van der Waals surface area contributed by atoms with E-state index < -0.39 is 0 Å². The van der Waals surface area contributed by atoms with E-state index in [9.17, 15) is 4.79 Å². The molecule has 2 fully saturated rings. The molecule has 2 aliphatic rings. The first-order chi connectivity index (χ1) is 12.3. The van der Waals surface area contributed by atoms with Crippen molar-refractivity contribution in [3.63, 3.8) is 0 Å². The van der Waals surface area contributed by atoms with Crippen LogP contribution in [0.3, 0.4) is 0 Å². The third kappa shape index (κ3) is 2.51. The number of rotatable bonds is 3. The summed E-state index contributed by atoms with van der Waals surface area (Å²) in [7, 11) is 0. The molecule has 0 aliphatic heterocycles. The molecule has 1 N–H and O–H groups in total. The number of pyridine rings is 1. The zero-order chi connectivity index (χ0) is 16.8. The molecule has 2 bridgehead atoms. The van der Waals surface area contributed by atoms with Crippen molar-refractivity contribution in [1.29, 1.82) is 0 Å². The summed E-state index contributed by atoms with van der Waals surface area (Å²) in [5.41, 5.74) is 1.74.